The van der Waals surface area contributed by atoms with Crippen molar-refractivity contribution in [3.8, 4) is 5.75 Å². The molecule has 2 saturated carbocycles. The van der Waals surface area contributed by atoms with Crippen molar-refractivity contribution < 1.29 is 146 Å². The summed E-state index contributed by atoms with van der Waals surface area (Å²) in [6.07, 6.45) is 4.56. The fourth-order valence-corrected chi connectivity index (χ4v) is 18.4. The van der Waals surface area contributed by atoms with E-state index in [1.54, 1.807) is 13.8 Å². The van der Waals surface area contributed by atoms with Gasteiger partial charge in [0.2, 0.25) is 106 Å². The number of carbonyl (C=O) groups excluding carboxylic acids is 19. The van der Waals surface area contributed by atoms with Gasteiger partial charge in [0.25, 0.3) is 0 Å². The van der Waals surface area contributed by atoms with Crippen LogP contribution in [0.4, 0.5) is 0 Å². The van der Waals surface area contributed by atoms with Crippen LogP contribution in [-0.2, 0) is 121 Å². The van der Waals surface area contributed by atoms with Crippen molar-refractivity contribution in [2.75, 3.05) is 63.9 Å². The van der Waals surface area contributed by atoms with Crippen molar-refractivity contribution in [1.29, 1.82) is 0 Å². The number of phenols is 1. The number of carboxylic acids is 5. The molecule has 804 valence electrons. The molecular weight excluding hydrogens is 1930 g/mol. The molecule has 5 aliphatic rings. The number of nitrogens with zero attached hydrogens (tertiary/aromatic N) is 4. The molecule has 0 unspecified atom stereocenters. The Morgan fingerprint density at radius 2 is 0.828 bits per heavy atom. The molecule has 0 bridgehead atoms. The van der Waals surface area contributed by atoms with Crippen LogP contribution in [0, 0.1) is 17.8 Å². The van der Waals surface area contributed by atoms with Crippen LogP contribution >= 0.6 is 11.8 Å². The lowest BCUT2D eigenvalue weighted by atomic mass is 9.84. The van der Waals surface area contributed by atoms with Gasteiger partial charge in [-0.15, -0.1) is 11.8 Å². The van der Waals surface area contributed by atoms with Crippen LogP contribution in [0.5, 0.6) is 5.75 Å². The summed E-state index contributed by atoms with van der Waals surface area (Å²) in [7, 11) is 0. The number of nitrogens with one attached hydrogen (secondary N) is 14. The minimum absolute atomic E-state index is 0.0471. The molecule has 5 fully saturated rings. The second-order valence-corrected chi connectivity index (χ2v) is 37.9. The molecule has 53 heteroatoms. The van der Waals surface area contributed by atoms with E-state index >= 15 is 0 Å². The van der Waals surface area contributed by atoms with Crippen LogP contribution in [0.15, 0.2) is 29.3 Å². The van der Waals surface area contributed by atoms with E-state index in [2.05, 4.69) is 79.4 Å². The third-order valence-corrected chi connectivity index (χ3v) is 26.6. The molecule has 1 aromatic rings. The molecule has 2 aliphatic carbocycles. The Morgan fingerprint density at radius 1 is 0.407 bits per heavy atom. The summed E-state index contributed by atoms with van der Waals surface area (Å²) in [4.78, 5) is 329. The van der Waals surface area contributed by atoms with Crippen LogP contribution in [0.2, 0.25) is 0 Å². The molecule has 145 heavy (non-hydrogen) atoms. The van der Waals surface area contributed by atoms with Crippen LogP contribution in [-0.4, -0.2) is 342 Å². The summed E-state index contributed by atoms with van der Waals surface area (Å²) in [6, 6.07) is -15.7. The molecular formula is C92H140N22O30S. The monoisotopic (exact) mass is 2060 g/mol. The Kier molecular flexibility index (Phi) is 50.6. The number of nitrogens with two attached hydrogens (primary N) is 4. The molecule has 6 rings (SSSR count). The van der Waals surface area contributed by atoms with E-state index in [0.717, 1.165) is 72.9 Å². The molecule has 52 nitrogen and oxygen atoms in total. The number of hydrogen-bond donors (Lipinski definition) is 24. The number of hydrogen-bond acceptors (Lipinski definition) is 28. The van der Waals surface area contributed by atoms with Crippen molar-refractivity contribution in [3.05, 3.63) is 29.8 Å². The average Bonchev–Trinajstić information content (AvgIpc) is 1.70. The van der Waals surface area contributed by atoms with Gasteiger partial charge in [0.05, 0.1) is 56.2 Å². The normalized spacial score (nSPS) is 18.2. The van der Waals surface area contributed by atoms with Crippen LogP contribution in [0.1, 0.15) is 219 Å². The molecule has 3 aliphatic heterocycles. The van der Waals surface area contributed by atoms with E-state index < -0.39 is 311 Å². The summed E-state index contributed by atoms with van der Waals surface area (Å²) in [5.74, 6) is -26.5. The van der Waals surface area contributed by atoms with Gasteiger partial charge >= 0.3 is 29.8 Å². The van der Waals surface area contributed by atoms with Gasteiger partial charge in [-0.05, 0) is 132 Å². The maximum Gasteiger partial charge on any atom is 0.326 e. The number of rotatable bonds is 62. The summed E-state index contributed by atoms with van der Waals surface area (Å²) in [6.45, 7) is 1.45. The maximum absolute atomic E-state index is 15.0. The molecule has 1 aromatic carbocycles. The predicted octanol–water partition coefficient (Wildman–Crippen LogP) is -5.67. The molecule has 0 radical (unpaired) electrons. The number of aromatic hydroxyl groups is 1. The first-order chi connectivity index (χ1) is 68.7. The SMILES string of the molecule is CC[C@@H](C)[C@H](NC(=O)[C@@H]1CCCN1C(=O)[C@H](CCC(=O)O)NC(=O)[C@H](Cc1ccc(O)cc1)NC(=O)[C@H](CC(=O)O)NC(=O)CNC(=O)CNC(=O)CNC(=O)CNC(=O)CSCC(=O)[C@H](CCCN=C(N)N)NC(=O)[C@@H]1CCCN1C(=O)[C@H](N)CC1CCCCC1)C(=O)N1CCC[C@H]1C(=O)N[C@@H](CCC(=O)O)C(=O)N[C@@H](CCC(=O)O)C(=O)N[C@@H](C)C(=O)N[C@@H](CC1CCCCC1)C(=O)N[C@H](CCC(N)=O)C(=O)O. The number of likely N-dealkylation sites (tertiary alicyclic amines) is 3. The lowest BCUT2D eigenvalue weighted by molar-refractivity contribution is -0.146. The van der Waals surface area contributed by atoms with Crippen LogP contribution in [0.3, 0.4) is 0 Å². The molecule has 18 amide bonds. The van der Waals surface area contributed by atoms with Crippen molar-refractivity contribution in [1.82, 2.24) is 89.1 Å². The highest BCUT2D eigenvalue weighted by molar-refractivity contribution is 8.00. The van der Waals surface area contributed by atoms with Crippen LogP contribution in [0.25, 0.3) is 0 Å². The van der Waals surface area contributed by atoms with Crippen LogP contribution < -0.4 is 97.4 Å². The van der Waals surface area contributed by atoms with E-state index in [0.29, 0.717) is 44.6 Å². The van der Waals surface area contributed by atoms with Gasteiger partial charge in [0.15, 0.2) is 11.7 Å². The van der Waals surface area contributed by atoms with Gasteiger partial charge in [0.1, 0.15) is 78.3 Å². The number of aliphatic carboxylic acids is 5. The number of carboxylic acid groups (broad SMARTS) is 5. The topological polar surface area (TPSA) is 826 Å². The largest absolute Gasteiger partial charge is 0.508 e. The Morgan fingerprint density at radius 3 is 1.33 bits per heavy atom. The summed E-state index contributed by atoms with van der Waals surface area (Å²) < 4.78 is 0. The first-order valence-electron chi connectivity index (χ1n) is 48.8. The van der Waals surface area contributed by atoms with E-state index in [1.165, 1.54) is 36.1 Å². The zero-order chi connectivity index (χ0) is 107. The maximum atomic E-state index is 15.0. The highest BCUT2D eigenvalue weighted by Crippen LogP contribution is 2.32. The number of Topliss-reactive ketones (excluding diaryl/α,β-unsaturated/α-hetero) is 1. The molecule has 15 atom stereocenters. The lowest BCUT2D eigenvalue weighted by Crippen LogP contribution is -2.61. The van der Waals surface area contributed by atoms with Crippen molar-refractivity contribution >= 4 is 160 Å². The minimum Gasteiger partial charge on any atom is -0.508 e. The average molecular weight is 2070 g/mol. The zero-order valence-electron chi connectivity index (χ0n) is 81.6. The van der Waals surface area contributed by atoms with Gasteiger partial charge in [-0.2, -0.15) is 0 Å². The lowest BCUT2D eigenvalue weighted by Gasteiger charge is -2.34. The first kappa shape index (κ1) is 120. The van der Waals surface area contributed by atoms with Crippen molar-refractivity contribution in [3.63, 3.8) is 0 Å². The summed E-state index contributed by atoms with van der Waals surface area (Å²) >= 11 is 0.883. The van der Waals surface area contributed by atoms with E-state index in [1.807, 2.05) is 0 Å². The number of thioether (sulfide) groups is 1. The van der Waals surface area contributed by atoms with E-state index in [9.17, 15) is 146 Å². The summed E-state index contributed by atoms with van der Waals surface area (Å²) in [5.41, 5.74) is 22.8. The predicted molar refractivity (Wildman–Crippen MR) is 514 cm³/mol. The highest BCUT2D eigenvalue weighted by atomic mass is 32.2. The minimum atomic E-state index is -2.03. The third kappa shape index (κ3) is 42.1. The molecule has 3 saturated heterocycles. The van der Waals surface area contributed by atoms with Gasteiger partial charge < -0.3 is 143 Å². The number of ketones is 1. The number of primary amides is 1. The van der Waals surface area contributed by atoms with Gasteiger partial charge in [-0.3, -0.25) is 115 Å². The molecule has 0 spiro atoms. The zero-order valence-corrected chi connectivity index (χ0v) is 82.4. The Hall–Kier alpha value is -13.9. The fraction of sp³-hybridized carbons (Fsp3) is 0.663. The van der Waals surface area contributed by atoms with Crippen molar-refractivity contribution in [2.45, 2.75) is 304 Å². The van der Waals surface area contributed by atoms with E-state index in [-0.39, 0.29) is 118 Å². The van der Waals surface area contributed by atoms with E-state index in [4.69, 9.17) is 22.9 Å². The molecule has 3 heterocycles. The summed E-state index contributed by atoms with van der Waals surface area (Å²) in [5, 5.41) is 92.6. The Labute approximate surface area is 840 Å². The van der Waals surface area contributed by atoms with Gasteiger partial charge in [0, 0.05) is 58.3 Å². The quantitative estimate of drug-likeness (QED) is 0.0164. The fourth-order valence-electron chi connectivity index (χ4n) is 17.6. The first-order valence-corrected chi connectivity index (χ1v) is 50.0. The number of guanidine groups is 1. The molecule has 28 N–H and O–H groups in total. The Bertz CT molecular complexity index is 4780. The Balaban J connectivity index is 1.04. The number of amides is 18. The standard InChI is InChI=1S/C92H140N22O30S/c1-4-49(2)78(90(142)114-38-14-21-65(114)86(138)106-58(29-33-75(125)126)81(133)105-57(28-32-74(123)124)80(132)102-50(3)79(131)109-61(40-52-17-9-6-10-18-52)83(135)108-60(91(143)144)27-31-68(94)117)111-87(139)66-22-13-37-113(66)89(141)59(30-34-76(127)128)107-82(134)62(41-53-23-25-54(115)26-24-53)110-84(136)63(42-77(129)130)103-72(121)46-100-70(119)44-98-69(118)43-99-71(120)45-101-73(122)48-145-47-67(116)56(19-11-35-97-92(95)96)104-85(137)64-20-12-36-112(64)88(140)55(93)39-51-15-7-5-8-16-51/h23-26,49-52,55-66,78,115H,4-22,27-48,93H2,1-3H3,(H2,94,117)(H,98,118)(H,99,120)(H,100,119)(H,101,122)(H,102,132)(H,103,121)(H,104,137)(H,105,133)(H,106,138)(H,107,134)(H,108,135)(H,109,131)(H,110,136)(H,111,139)(H,123,124)(H,125,126)(H,127,128)(H,129,130)(H,143,144)(H4,95,96,97)/t49-,50+,55-,56+,57+,58+,59+,60-,61+,62+,63+,64+,65+,66+,78+/m1/s1. The second kappa shape index (κ2) is 61.3. The number of phenolic OH excluding ortho intramolecular Hbond substituents is 1. The number of aliphatic imine (C=N–C) groups is 1. The van der Waals surface area contributed by atoms with Gasteiger partial charge in [-0.25, -0.2) is 4.79 Å². The number of carbonyl (C=O) groups is 24. The van der Waals surface area contributed by atoms with Gasteiger partial charge in [-0.1, -0.05) is 96.6 Å². The third-order valence-electron chi connectivity index (χ3n) is 25.7. The highest BCUT2D eigenvalue weighted by Gasteiger charge is 2.46. The second-order valence-electron chi connectivity index (χ2n) is 36.9. The smallest absolute Gasteiger partial charge is 0.326 e. The van der Waals surface area contributed by atoms with Crippen molar-refractivity contribution in [2.24, 2.45) is 45.7 Å². The molecule has 0 aromatic heterocycles. The number of benzene rings is 1.